The number of thioether (sulfide) groups is 1. The third-order valence-corrected chi connectivity index (χ3v) is 3.50. The molecule has 0 aliphatic carbocycles. The van der Waals surface area contributed by atoms with Crippen LogP contribution in [0.15, 0.2) is 10.2 Å². The quantitative estimate of drug-likeness (QED) is 0.198. The first-order valence-corrected chi connectivity index (χ1v) is 6.23. The van der Waals surface area contributed by atoms with Gasteiger partial charge >= 0.3 is 0 Å². The molecule has 96 valence electrons. The van der Waals surface area contributed by atoms with Crippen LogP contribution in [0.25, 0.3) is 0 Å². The molecule has 0 spiro atoms. The first kappa shape index (κ1) is 13.9. The number of rotatable bonds is 6. The van der Waals surface area contributed by atoms with Crippen LogP contribution in [-0.4, -0.2) is 40.3 Å². The molecule has 0 aromatic carbocycles. The van der Waals surface area contributed by atoms with Crippen LogP contribution in [0.1, 0.15) is 17.7 Å². The second kappa shape index (κ2) is 6.51. The van der Waals surface area contributed by atoms with E-state index in [2.05, 4.69) is 10.3 Å². The SMILES string of the molecule is COCCCSc1c(C(N)=NO)c(C)nn1C. The van der Waals surface area contributed by atoms with Gasteiger partial charge in [0.25, 0.3) is 0 Å². The molecule has 1 aromatic rings. The molecule has 1 rings (SSSR count). The van der Waals surface area contributed by atoms with Crippen LogP contribution in [0, 0.1) is 6.92 Å². The molecule has 1 aromatic heterocycles. The van der Waals surface area contributed by atoms with Crippen LogP contribution in [0.4, 0.5) is 0 Å². The smallest absolute Gasteiger partial charge is 0.174 e. The van der Waals surface area contributed by atoms with Crippen LogP contribution in [0.2, 0.25) is 0 Å². The van der Waals surface area contributed by atoms with Gasteiger partial charge in [0.1, 0.15) is 5.03 Å². The van der Waals surface area contributed by atoms with Crippen LogP contribution < -0.4 is 5.73 Å². The van der Waals surface area contributed by atoms with Crippen molar-refractivity contribution in [3.05, 3.63) is 11.3 Å². The van der Waals surface area contributed by atoms with Gasteiger partial charge in [-0.3, -0.25) is 4.68 Å². The number of amidine groups is 1. The van der Waals surface area contributed by atoms with E-state index in [0.717, 1.165) is 29.5 Å². The minimum absolute atomic E-state index is 0.102. The van der Waals surface area contributed by atoms with Crippen molar-refractivity contribution in [2.45, 2.75) is 18.4 Å². The fourth-order valence-corrected chi connectivity index (χ4v) is 2.60. The molecule has 17 heavy (non-hydrogen) atoms. The van der Waals surface area contributed by atoms with E-state index in [1.54, 1.807) is 23.6 Å². The molecule has 1 heterocycles. The maximum absolute atomic E-state index is 8.75. The van der Waals surface area contributed by atoms with E-state index in [0.29, 0.717) is 5.56 Å². The van der Waals surface area contributed by atoms with Crippen LogP contribution >= 0.6 is 11.8 Å². The van der Waals surface area contributed by atoms with E-state index < -0.39 is 0 Å². The van der Waals surface area contributed by atoms with Crippen molar-refractivity contribution in [3.63, 3.8) is 0 Å². The van der Waals surface area contributed by atoms with Crippen molar-refractivity contribution in [3.8, 4) is 0 Å². The fourth-order valence-electron chi connectivity index (χ4n) is 1.52. The molecule has 0 amide bonds. The van der Waals surface area contributed by atoms with Gasteiger partial charge in [0.05, 0.1) is 11.3 Å². The summed E-state index contributed by atoms with van der Waals surface area (Å²) in [5.74, 6) is 1.00. The molecule has 0 saturated heterocycles. The number of aryl methyl sites for hydroxylation is 2. The van der Waals surface area contributed by atoms with E-state index in [-0.39, 0.29) is 5.84 Å². The van der Waals surface area contributed by atoms with Gasteiger partial charge in [0.2, 0.25) is 0 Å². The van der Waals surface area contributed by atoms with Crippen LogP contribution in [0.5, 0.6) is 0 Å². The average molecular weight is 258 g/mol. The predicted octanol–water partition coefficient (Wildman–Crippen LogP) is 0.952. The fraction of sp³-hybridized carbons (Fsp3) is 0.600. The largest absolute Gasteiger partial charge is 0.409 e. The topological polar surface area (TPSA) is 85.7 Å². The Morgan fingerprint density at radius 1 is 1.65 bits per heavy atom. The minimum Gasteiger partial charge on any atom is -0.409 e. The summed E-state index contributed by atoms with van der Waals surface area (Å²) >= 11 is 1.63. The van der Waals surface area contributed by atoms with E-state index in [4.69, 9.17) is 15.7 Å². The van der Waals surface area contributed by atoms with Gasteiger partial charge in [-0.15, -0.1) is 11.8 Å². The zero-order valence-electron chi connectivity index (χ0n) is 10.3. The number of oxime groups is 1. The van der Waals surface area contributed by atoms with Crippen molar-refractivity contribution >= 4 is 17.6 Å². The maximum Gasteiger partial charge on any atom is 0.174 e. The molecule has 0 aliphatic heterocycles. The van der Waals surface area contributed by atoms with Gasteiger partial charge in [-0.1, -0.05) is 5.16 Å². The molecule has 0 aliphatic rings. The number of hydrogen-bond acceptors (Lipinski definition) is 5. The Labute approximate surface area is 105 Å². The zero-order chi connectivity index (χ0) is 12.8. The highest BCUT2D eigenvalue weighted by atomic mass is 32.2. The molecule has 0 unspecified atom stereocenters. The van der Waals surface area contributed by atoms with E-state index in [1.165, 1.54) is 0 Å². The highest BCUT2D eigenvalue weighted by Gasteiger charge is 2.17. The second-order valence-corrected chi connectivity index (χ2v) is 4.65. The summed E-state index contributed by atoms with van der Waals surface area (Å²) in [4.78, 5) is 0. The molecule has 0 saturated carbocycles. The molecule has 7 heteroatoms. The Hall–Kier alpha value is -1.21. The summed E-state index contributed by atoms with van der Waals surface area (Å²) in [6.07, 6.45) is 0.945. The van der Waals surface area contributed by atoms with E-state index in [9.17, 15) is 0 Å². The Balaban J connectivity index is 2.83. The van der Waals surface area contributed by atoms with Gasteiger partial charge in [-0.2, -0.15) is 5.10 Å². The van der Waals surface area contributed by atoms with Gasteiger partial charge in [-0.25, -0.2) is 0 Å². The van der Waals surface area contributed by atoms with Crippen LogP contribution in [-0.2, 0) is 11.8 Å². The summed E-state index contributed by atoms with van der Waals surface area (Å²) in [5, 5.41) is 17.0. The van der Waals surface area contributed by atoms with Crippen LogP contribution in [0.3, 0.4) is 0 Å². The molecule has 0 radical (unpaired) electrons. The third-order valence-electron chi connectivity index (χ3n) is 2.27. The molecule has 0 fully saturated rings. The predicted molar refractivity (Wildman–Crippen MR) is 67.7 cm³/mol. The molecular weight excluding hydrogens is 240 g/mol. The molecule has 0 atom stereocenters. The lowest BCUT2D eigenvalue weighted by atomic mass is 10.2. The third kappa shape index (κ3) is 3.37. The number of nitrogens with zero attached hydrogens (tertiary/aromatic N) is 3. The zero-order valence-corrected chi connectivity index (χ0v) is 11.1. The van der Waals surface area contributed by atoms with Gasteiger partial charge in [0, 0.05) is 26.5 Å². The van der Waals surface area contributed by atoms with Crippen molar-refractivity contribution in [2.75, 3.05) is 19.5 Å². The van der Waals surface area contributed by atoms with E-state index >= 15 is 0 Å². The lowest BCUT2D eigenvalue weighted by Crippen LogP contribution is -2.15. The summed E-state index contributed by atoms with van der Waals surface area (Å²) in [7, 11) is 3.53. The van der Waals surface area contributed by atoms with Crippen molar-refractivity contribution in [2.24, 2.45) is 17.9 Å². The summed E-state index contributed by atoms with van der Waals surface area (Å²) in [6, 6.07) is 0. The van der Waals surface area contributed by atoms with Crippen molar-refractivity contribution in [1.29, 1.82) is 0 Å². The molecular formula is C10H18N4O2S. The number of methoxy groups -OCH3 is 1. The Morgan fingerprint density at radius 3 is 2.94 bits per heavy atom. The summed E-state index contributed by atoms with van der Waals surface area (Å²) in [5.41, 5.74) is 7.12. The van der Waals surface area contributed by atoms with Crippen molar-refractivity contribution in [1.82, 2.24) is 9.78 Å². The number of ether oxygens (including phenoxy) is 1. The highest BCUT2D eigenvalue weighted by molar-refractivity contribution is 7.99. The van der Waals surface area contributed by atoms with Gasteiger partial charge in [-0.05, 0) is 13.3 Å². The lowest BCUT2D eigenvalue weighted by Gasteiger charge is -2.05. The first-order chi connectivity index (χ1) is 8.11. The molecule has 6 nitrogen and oxygen atoms in total. The summed E-state index contributed by atoms with van der Waals surface area (Å²) in [6.45, 7) is 2.56. The number of nitrogens with two attached hydrogens (primary N) is 1. The monoisotopic (exact) mass is 258 g/mol. The molecule has 3 N–H and O–H groups in total. The first-order valence-electron chi connectivity index (χ1n) is 5.25. The molecule has 0 bridgehead atoms. The average Bonchev–Trinajstić information content (AvgIpc) is 2.59. The number of hydrogen-bond donors (Lipinski definition) is 2. The van der Waals surface area contributed by atoms with E-state index in [1.807, 2.05) is 14.0 Å². The Kier molecular flexibility index (Phi) is 5.30. The van der Waals surface area contributed by atoms with Crippen molar-refractivity contribution < 1.29 is 9.94 Å². The van der Waals surface area contributed by atoms with Gasteiger partial charge < -0.3 is 15.7 Å². The Bertz CT molecular complexity index is 403. The Morgan fingerprint density at radius 2 is 2.35 bits per heavy atom. The second-order valence-electron chi connectivity index (χ2n) is 3.57. The minimum atomic E-state index is 0.102. The number of aromatic nitrogens is 2. The lowest BCUT2D eigenvalue weighted by molar-refractivity contribution is 0.200. The maximum atomic E-state index is 8.75. The summed E-state index contributed by atoms with van der Waals surface area (Å²) < 4.78 is 6.74. The standard InChI is InChI=1S/C10H18N4O2S/c1-7-8(9(11)13-15)10(14(2)12-7)17-6-4-5-16-3/h15H,4-6H2,1-3H3,(H2,11,13). The highest BCUT2D eigenvalue weighted by Crippen LogP contribution is 2.25. The van der Waals surface area contributed by atoms with Gasteiger partial charge in [0.15, 0.2) is 5.84 Å². The normalized spacial score (nSPS) is 12.1.